The molecule has 1 fully saturated rings. The van der Waals surface area contributed by atoms with Crippen molar-refractivity contribution in [3.8, 4) is 11.1 Å². The van der Waals surface area contributed by atoms with Crippen molar-refractivity contribution in [1.82, 2.24) is 0 Å². The number of hydrogen-bond donors (Lipinski definition) is 2. The highest BCUT2D eigenvalue weighted by Gasteiger charge is 2.63. The molecule has 0 bridgehead atoms. The first-order chi connectivity index (χ1) is 19.2. The van der Waals surface area contributed by atoms with Crippen LogP contribution in [0, 0.1) is 16.7 Å². The van der Waals surface area contributed by atoms with Crippen molar-refractivity contribution in [2.75, 3.05) is 6.61 Å². The van der Waals surface area contributed by atoms with E-state index in [4.69, 9.17) is 0 Å². The molecule has 2 aromatic rings. The molecule has 0 aromatic heterocycles. The number of aliphatic hydroxyl groups is 2. The number of carbonyl (C=O) groups excluding carboxylic acids is 2. The van der Waals surface area contributed by atoms with Crippen LogP contribution in [0.15, 0.2) is 77.4 Å². The molecule has 0 heterocycles. The summed E-state index contributed by atoms with van der Waals surface area (Å²) in [5, 5.41) is 21.6. The van der Waals surface area contributed by atoms with Crippen molar-refractivity contribution in [3.63, 3.8) is 0 Å². The second-order valence-corrected chi connectivity index (χ2v) is 13.2. The van der Waals surface area contributed by atoms with Gasteiger partial charge in [0.15, 0.2) is 11.6 Å². The second kappa shape index (κ2) is 8.96. The fourth-order valence-corrected chi connectivity index (χ4v) is 9.41. The number of ketones is 2. The number of aliphatic hydroxyl groups excluding tert-OH is 1. The molecule has 5 atom stereocenters. The van der Waals surface area contributed by atoms with Gasteiger partial charge in [-0.3, -0.25) is 9.59 Å². The van der Waals surface area contributed by atoms with Gasteiger partial charge in [-0.2, -0.15) is 0 Å². The van der Waals surface area contributed by atoms with Crippen LogP contribution < -0.4 is 0 Å². The third-order valence-electron chi connectivity index (χ3n) is 11.4. The summed E-state index contributed by atoms with van der Waals surface area (Å²) in [6.45, 7) is 3.81. The zero-order valence-corrected chi connectivity index (χ0v) is 23.5. The minimum Gasteiger partial charge on any atom is -0.392 e. The van der Waals surface area contributed by atoms with Crippen LogP contribution in [0.2, 0.25) is 0 Å². The Morgan fingerprint density at radius 1 is 1.05 bits per heavy atom. The third kappa shape index (κ3) is 3.51. The summed E-state index contributed by atoms with van der Waals surface area (Å²) >= 11 is 0. The summed E-state index contributed by atoms with van der Waals surface area (Å²) < 4.78 is 0. The SMILES string of the molecule is CC(=O)c1ccc(-c2ccc3c(c2)C[C@]24CCC(=O)C=C2CCC2=C4C3C[C@@]3(C)[C@H]2CC[C@@]3(O)/C=C\CO)cc1. The van der Waals surface area contributed by atoms with Crippen LogP contribution in [0.4, 0.5) is 0 Å². The lowest BCUT2D eigenvalue weighted by Crippen LogP contribution is -2.52. The number of carbonyl (C=O) groups is 2. The van der Waals surface area contributed by atoms with E-state index in [1.54, 1.807) is 24.1 Å². The van der Waals surface area contributed by atoms with Gasteiger partial charge in [0.1, 0.15) is 0 Å². The largest absolute Gasteiger partial charge is 0.392 e. The average molecular weight is 535 g/mol. The Morgan fingerprint density at radius 3 is 2.58 bits per heavy atom. The molecule has 4 heteroatoms. The normalized spacial score (nSPS) is 34.2. The number of Topliss-reactive ketones (excluding diaryl/α,β-unsaturated/α-hetero) is 1. The van der Waals surface area contributed by atoms with Gasteiger partial charge in [0.05, 0.1) is 12.2 Å². The predicted molar refractivity (Wildman–Crippen MR) is 156 cm³/mol. The molecule has 5 aliphatic rings. The molecule has 0 saturated heterocycles. The summed E-state index contributed by atoms with van der Waals surface area (Å²) in [6, 6.07) is 14.7. The molecule has 40 heavy (non-hydrogen) atoms. The Morgan fingerprint density at radius 2 is 1.82 bits per heavy atom. The van der Waals surface area contributed by atoms with Crippen LogP contribution in [-0.2, 0) is 11.2 Å². The van der Waals surface area contributed by atoms with E-state index in [0.717, 1.165) is 55.2 Å². The minimum absolute atomic E-state index is 0.0647. The van der Waals surface area contributed by atoms with Crippen molar-refractivity contribution >= 4 is 11.6 Å². The Labute approximate surface area is 236 Å². The Kier molecular flexibility index (Phi) is 5.79. The minimum atomic E-state index is -0.944. The van der Waals surface area contributed by atoms with Gasteiger partial charge in [-0.1, -0.05) is 78.3 Å². The molecule has 5 aliphatic carbocycles. The molecule has 0 radical (unpaired) electrons. The van der Waals surface area contributed by atoms with E-state index in [9.17, 15) is 19.8 Å². The number of rotatable bonds is 4. The van der Waals surface area contributed by atoms with E-state index in [1.807, 2.05) is 36.4 Å². The van der Waals surface area contributed by atoms with E-state index in [2.05, 4.69) is 25.1 Å². The fraction of sp³-hybridized carbons (Fsp3) is 0.444. The molecule has 2 aromatic carbocycles. The maximum atomic E-state index is 12.6. The number of fused-ring (bicyclic) bond motifs is 4. The van der Waals surface area contributed by atoms with Crippen molar-refractivity contribution in [3.05, 3.63) is 94.1 Å². The molecule has 4 nitrogen and oxygen atoms in total. The molecule has 1 saturated carbocycles. The lowest BCUT2D eigenvalue weighted by Gasteiger charge is -2.59. The summed E-state index contributed by atoms with van der Waals surface area (Å²) in [4.78, 5) is 24.5. The number of allylic oxidation sites excluding steroid dienone is 4. The topological polar surface area (TPSA) is 74.6 Å². The molecule has 0 aliphatic heterocycles. The first-order valence-corrected chi connectivity index (χ1v) is 14.9. The maximum Gasteiger partial charge on any atom is 0.159 e. The highest BCUT2D eigenvalue weighted by molar-refractivity contribution is 5.94. The summed E-state index contributed by atoms with van der Waals surface area (Å²) in [7, 11) is 0. The first kappa shape index (κ1) is 25.9. The van der Waals surface area contributed by atoms with E-state index in [0.29, 0.717) is 18.8 Å². The standard InChI is InChI=1S/C36H38O4/c1-22(38)23-4-6-24(7-5-23)25-8-10-29-26(18-25)20-35-15-12-28(39)19-27(35)9-11-30-32-13-16-36(40,14-3-17-37)34(32,2)21-31(29)33(30)35/h3-8,10,14,18-19,31-32,37,40H,9,11-13,15-17,20-21H2,1-2H3/b14-3-/t31?,32-,34-,35+,36-/m0/s1. The molecule has 206 valence electrons. The van der Waals surface area contributed by atoms with Gasteiger partial charge in [-0.15, -0.1) is 0 Å². The van der Waals surface area contributed by atoms with Gasteiger partial charge in [-0.25, -0.2) is 0 Å². The zero-order valence-electron chi connectivity index (χ0n) is 23.5. The fourth-order valence-electron chi connectivity index (χ4n) is 9.41. The number of hydrogen-bond acceptors (Lipinski definition) is 4. The molecule has 2 N–H and O–H groups in total. The lowest BCUT2D eigenvalue weighted by atomic mass is 9.45. The van der Waals surface area contributed by atoms with Crippen molar-refractivity contribution < 1.29 is 19.8 Å². The highest BCUT2D eigenvalue weighted by atomic mass is 16.3. The Bertz CT molecular complexity index is 1520. The van der Waals surface area contributed by atoms with Gasteiger partial charge < -0.3 is 10.2 Å². The van der Waals surface area contributed by atoms with Crippen LogP contribution in [0.1, 0.15) is 86.2 Å². The molecule has 1 spiro atoms. The quantitative estimate of drug-likeness (QED) is 0.340. The Hall–Kier alpha value is -3.08. The maximum absolute atomic E-state index is 12.6. The van der Waals surface area contributed by atoms with Crippen LogP contribution in [0.3, 0.4) is 0 Å². The molecular weight excluding hydrogens is 496 g/mol. The van der Waals surface area contributed by atoms with E-state index in [-0.39, 0.29) is 34.9 Å². The van der Waals surface area contributed by atoms with Gasteiger partial charge in [0.25, 0.3) is 0 Å². The van der Waals surface area contributed by atoms with E-state index < -0.39 is 5.60 Å². The molecule has 1 unspecified atom stereocenters. The smallest absolute Gasteiger partial charge is 0.159 e. The monoisotopic (exact) mass is 534 g/mol. The summed E-state index contributed by atoms with van der Waals surface area (Å²) in [5.41, 5.74) is 8.76. The number of benzene rings is 2. The van der Waals surface area contributed by atoms with Crippen molar-refractivity contribution in [2.24, 2.45) is 16.7 Å². The molecule has 7 rings (SSSR count). The van der Waals surface area contributed by atoms with Gasteiger partial charge in [-0.05, 0) is 86.1 Å². The van der Waals surface area contributed by atoms with Crippen LogP contribution >= 0.6 is 0 Å². The highest BCUT2D eigenvalue weighted by Crippen LogP contribution is 2.70. The predicted octanol–water partition coefficient (Wildman–Crippen LogP) is 6.66. The average Bonchev–Trinajstić information content (AvgIpc) is 3.22. The second-order valence-electron chi connectivity index (χ2n) is 13.2. The summed E-state index contributed by atoms with van der Waals surface area (Å²) in [5.74, 6) is 0.859. The van der Waals surface area contributed by atoms with Gasteiger partial charge >= 0.3 is 0 Å². The van der Waals surface area contributed by atoms with E-state index >= 15 is 0 Å². The van der Waals surface area contributed by atoms with Crippen LogP contribution in [0.25, 0.3) is 11.1 Å². The van der Waals surface area contributed by atoms with Gasteiger partial charge in [0, 0.05) is 28.7 Å². The Balaban J connectivity index is 1.40. The summed E-state index contributed by atoms with van der Waals surface area (Å²) in [6.07, 6.45) is 12.4. The van der Waals surface area contributed by atoms with Crippen molar-refractivity contribution in [2.45, 2.75) is 76.7 Å². The van der Waals surface area contributed by atoms with Crippen LogP contribution in [0.5, 0.6) is 0 Å². The zero-order chi connectivity index (χ0) is 27.9. The van der Waals surface area contributed by atoms with E-state index in [1.165, 1.54) is 16.7 Å². The van der Waals surface area contributed by atoms with Crippen molar-refractivity contribution in [1.29, 1.82) is 0 Å². The molecular formula is C36H38O4. The first-order valence-electron chi connectivity index (χ1n) is 14.9. The van der Waals surface area contributed by atoms with Crippen LogP contribution in [-0.4, -0.2) is 34.0 Å². The molecule has 0 amide bonds. The third-order valence-corrected chi connectivity index (χ3v) is 11.4. The lowest BCUT2D eigenvalue weighted by molar-refractivity contribution is -0.115. The van der Waals surface area contributed by atoms with Gasteiger partial charge in [0.2, 0.25) is 0 Å².